The van der Waals surface area contributed by atoms with Gasteiger partial charge in [0.15, 0.2) is 11.5 Å². The number of esters is 1. The summed E-state index contributed by atoms with van der Waals surface area (Å²) in [5, 5.41) is 0. The molecule has 2 N–H and O–H groups in total. The molecule has 0 fully saturated rings. The lowest BCUT2D eigenvalue weighted by molar-refractivity contribution is -0.155. The van der Waals surface area contributed by atoms with Crippen LogP contribution in [0.1, 0.15) is 81.2 Å². The molecule has 0 aliphatic carbocycles. The lowest BCUT2D eigenvalue weighted by Crippen LogP contribution is -2.39. The summed E-state index contributed by atoms with van der Waals surface area (Å²) in [6, 6.07) is 3.19. The Morgan fingerprint density at radius 1 is 0.756 bits per heavy atom. The second-order valence-electron chi connectivity index (χ2n) is 12.0. The van der Waals surface area contributed by atoms with Crippen molar-refractivity contribution in [3.63, 3.8) is 0 Å². The topological polar surface area (TPSA) is 159 Å². The van der Waals surface area contributed by atoms with E-state index < -0.39 is 53.9 Å². The first-order chi connectivity index (χ1) is 18.8. The van der Waals surface area contributed by atoms with Crippen LogP contribution in [0.4, 0.5) is 14.4 Å². The van der Waals surface area contributed by atoms with Crippen LogP contribution >= 0.6 is 0 Å². The van der Waals surface area contributed by atoms with Gasteiger partial charge in [0.2, 0.25) is 0 Å². The number of rotatable bonds is 11. The summed E-state index contributed by atoms with van der Waals surface area (Å²) >= 11 is 0. The van der Waals surface area contributed by atoms with Gasteiger partial charge >= 0.3 is 24.4 Å². The monoisotopic (exact) mass is 583 g/mol. The maximum Gasteiger partial charge on any atom is 0.514 e. The third-order valence-corrected chi connectivity index (χ3v) is 5.09. The third kappa shape index (κ3) is 15.1. The Morgan fingerprint density at radius 2 is 1.27 bits per heavy atom. The van der Waals surface area contributed by atoms with Crippen LogP contribution < -0.4 is 15.2 Å². The molecule has 0 saturated carbocycles. The van der Waals surface area contributed by atoms with Crippen molar-refractivity contribution in [2.45, 2.75) is 112 Å². The Bertz CT molecular complexity index is 1040. The van der Waals surface area contributed by atoms with E-state index in [4.69, 9.17) is 38.9 Å². The summed E-state index contributed by atoms with van der Waals surface area (Å²) in [7, 11) is 0. The van der Waals surface area contributed by atoms with Gasteiger partial charge in [0.05, 0.1) is 6.61 Å². The molecule has 1 aromatic rings. The fraction of sp³-hybridized carbons (Fsp3) is 0.655. The molecule has 0 spiro atoms. The molecule has 0 saturated heterocycles. The maximum atomic E-state index is 12.6. The molecule has 41 heavy (non-hydrogen) atoms. The number of ether oxygens (including phenoxy) is 7. The minimum atomic E-state index is -1.12. The molecule has 232 valence electrons. The average molecular weight is 584 g/mol. The molecule has 12 heteroatoms. The van der Waals surface area contributed by atoms with E-state index in [0.717, 1.165) is 0 Å². The van der Waals surface area contributed by atoms with Crippen LogP contribution in [0.15, 0.2) is 18.2 Å². The second-order valence-corrected chi connectivity index (χ2v) is 12.0. The zero-order chi connectivity index (χ0) is 31.5. The number of benzene rings is 1. The van der Waals surface area contributed by atoms with Gasteiger partial charge in [-0.2, -0.15) is 0 Å². The Morgan fingerprint density at radius 3 is 1.78 bits per heavy atom. The standard InChI is InChI=1S/C29H45NO11/c1-17(2)13-14-35-25(32)37-19(4)18(3)36-24(31)21(30)15-20-11-12-22(38-26(33)40-28(5,6)7)23(16-20)39-27(34)41-29(8,9)10/h11-12,16-19,21H,13-15,30H2,1-10H3/t18-,19-,21-/m0/s1. The van der Waals surface area contributed by atoms with Crippen molar-refractivity contribution in [2.24, 2.45) is 11.7 Å². The van der Waals surface area contributed by atoms with Crippen molar-refractivity contribution in [3.8, 4) is 11.5 Å². The van der Waals surface area contributed by atoms with Gasteiger partial charge in [-0.05, 0) is 91.8 Å². The van der Waals surface area contributed by atoms with Crippen LogP contribution in [-0.4, -0.2) is 60.5 Å². The fourth-order valence-corrected chi connectivity index (χ4v) is 2.93. The minimum absolute atomic E-state index is 0.0184. The average Bonchev–Trinajstić information content (AvgIpc) is 2.77. The number of nitrogens with two attached hydrogens (primary N) is 1. The minimum Gasteiger partial charge on any atom is -0.458 e. The zero-order valence-corrected chi connectivity index (χ0v) is 25.7. The molecule has 3 atom stereocenters. The van der Waals surface area contributed by atoms with Crippen LogP contribution in [0.2, 0.25) is 0 Å². The number of hydrogen-bond donors (Lipinski definition) is 1. The third-order valence-electron chi connectivity index (χ3n) is 5.09. The lowest BCUT2D eigenvalue weighted by atomic mass is 10.1. The highest BCUT2D eigenvalue weighted by Crippen LogP contribution is 2.31. The van der Waals surface area contributed by atoms with E-state index in [1.54, 1.807) is 55.4 Å². The SMILES string of the molecule is CC(C)CCOC(=O)O[C@@H](C)[C@H](C)OC(=O)[C@@H](N)Cc1ccc(OC(=O)OC(C)(C)C)c(OC(=O)OC(C)(C)C)c1. The number of carbonyl (C=O) groups is 4. The van der Waals surface area contributed by atoms with Gasteiger partial charge in [0, 0.05) is 0 Å². The van der Waals surface area contributed by atoms with Crippen molar-refractivity contribution in [1.82, 2.24) is 0 Å². The van der Waals surface area contributed by atoms with E-state index in [-0.39, 0.29) is 24.5 Å². The molecule has 0 bridgehead atoms. The Kier molecular flexibility index (Phi) is 13.4. The van der Waals surface area contributed by atoms with Gasteiger partial charge in [-0.3, -0.25) is 4.79 Å². The van der Waals surface area contributed by atoms with Gasteiger partial charge in [-0.1, -0.05) is 19.9 Å². The Balaban J connectivity index is 2.91. The molecular formula is C29H45NO11. The maximum absolute atomic E-state index is 12.6. The summed E-state index contributed by atoms with van der Waals surface area (Å²) in [4.78, 5) is 49.0. The highest BCUT2D eigenvalue weighted by molar-refractivity contribution is 5.76. The summed E-state index contributed by atoms with van der Waals surface area (Å²) in [6.45, 7) is 17.4. The van der Waals surface area contributed by atoms with Gasteiger partial charge in [0.1, 0.15) is 29.5 Å². The summed E-state index contributed by atoms with van der Waals surface area (Å²) in [5.74, 6) is -0.625. The van der Waals surface area contributed by atoms with E-state index in [0.29, 0.717) is 17.9 Å². The van der Waals surface area contributed by atoms with Crippen molar-refractivity contribution < 1.29 is 52.3 Å². The molecule has 0 unspecified atom stereocenters. The molecule has 0 amide bonds. The smallest absolute Gasteiger partial charge is 0.458 e. The first kappa shape index (κ1) is 35.5. The van der Waals surface area contributed by atoms with E-state index in [9.17, 15) is 19.2 Å². The van der Waals surface area contributed by atoms with Crippen molar-refractivity contribution >= 4 is 24.4 Å². The van der Waals surface area contributed by atoms with Crippen molar-refractivity contribution in [1.29, 1.82) is 0 Å². The van der Waals surface area contributed by atoms with E-state index in [1.807, 2.05) is 13.8 Å². The molecule has 0 aliphatic heterocycles. The molecule has 1 aromatic carbocycles. The van der Waals surface area contributed by atoms with Crippen LogP contribution in [0.25, 0.3) is 0 Å². The lowest BCUT2D eigenvalue weighted by Gasteiger charge is -2.22. The van der Waals surface area contributed by atoms with Crippen LogP contribution in [0, 0.1) is 5.92 Å². The molecular weight excluding hydrogens is 538 g/mol. The predicted octanol–water partition coefficient (Wildman–Crippen LogP) is 5.70. The van der Waals surface area contributed by atoms with E-state index in [1.165, 1.54) is 18.2 Å². The van der Waals surface area contributed by atoms with Crippen LogP contribution in [0.3, 0.4) is 0 Å². The molecule has 1 rings (SSSR count). The fourth-order valence-electron chi connectivity index (χ4n) is 2.93. The van der Waals surface area contributed by atoms with Crippen LogP contribution in [0.5, 0.6) is 11.5 Å². The van der Waals surface area contributed by atoms with Gasteiger partial charge in [-0.15, -0.1) is 0 Å². The largest absolute Gasteiger partial charge is 0.514 e. The molecule has 0 radical (unpaired) electrons. The van der Waals surface area contributed by atoms with E-state index >= 15 is 0 Å². The van der Waals surface area contributed by atoms with E-state index in [2.05, 4.69) is 0 Å². The van der Waals surface area contributed by atoms with Gasteiger partial charge in [0.25, 0.3) is 0 Å². The summed E-state index contributed by atoms with van der Waals surface area (Å²) < 4.78 is 36.4. The first-order valence-electron chi connectivity index (χ1n) is 13.5. The second kappa shape index (κ2) is 15.5. The van der Waals surface area contributed by atoms with Crippen molar-refractivity contribution in [3.05, 3.63) is 23.8 Å². The Hall–Kier alpha value is -3.54. The molecule has 0 heterocycles. The highest BCUT2D eigenvalue weighted by atomic mass is 16.8. The first-order valence-corrected chi connectivity index (χ1v) is 13.5. The molecule has 0 aromatic heterocycles. The predicted molar refractivity (Wildman–Crippen MR) is 149 cm³/mol. The summed E-state index contributed by atoms with van der Waals surface area (Å²) in [5.41, 5.74) is 4.89. The summed E-state index contributed by atoms with van der Waals surface area (Å²) in [6.07, 6.45) is -3.79. The Labute approximate surface area is 242 Å². The molecule has 0 aliphatic rings. The van der Waals surface area contributed by atoms with Gasteiger partial charge < -0.3 is 38.9 Å². The molecule has 12 nitrogen and oxygen atoms in total. The number of hydrogen-bond acceptors (Lipinski definition) is 12. The normalized spacial score (nSPS) is 13.9. The quantitative estimate of drug-likeness (QED) is 0.192. The van der Waals surface area contributed by atoms with Crippen LogP contribution in [-0.2, 0) is 34.9 Å². The highest BCUT2D eigenvalue weighted by Gasteiger charge is 2.27. The van der Waals surface area contributed by atoms with Crippen molar-refractivity contribution in [2.75, 3.05) is 6.61 Å². The zero-order valence-electron chi connectivity index (χ0n) is 25.7. The van der Waals surface area contributed by atoms with Gasteiger partial charge in [-0.25, -0.2) is 14.4 Å². The number of carbonyl (C=O) groups excluding carboxylic acids is 4.